The summed E-state index contributed by atoms with van der Waals surface area (Å²) in [7, 11) is 0. The molecule has 0 aliphatic rings. The number of hydrogen-bond acceptors (Lipinski definition) is 4. The first kappa shape index (κ1) is 22.4. The molecule has 1 radical (unpaired) electrons. The monoisotopic (exact) mass is 351 g/mol. The van der Waals surface area contributed by atoms with Crippen molar-refractivity contribution in [2.45, 2.75) is 37.2 Å². The van der Waals surface area contributed by atoms with Gasteiger partial charge in [-0.05, 0) is 27.7 Å². The molecule has 0 aromatic heterocycles. The summed E-state index contributed by atoms with van der Waals surface area (Å²) in [6.07, 6.45) is 0. The third-order valence-electron chi connectivity index (χ3n) is 1.59. The van der Waals surface area contributed by atoms with Gasteiger partial charge in [0.15, 0.2) is 0 Å². The Morgan fingerprint density at radius 3 is 1.25 bits per heavy atom. The van der Waals surface area contributed by atoms with Gasteiger partial charge in [0, 0.05) is 55.8 Å². The molecule has 3 nitrogen and oxygen atoms in total. The summed E-state index contributed by atoms with van der Waals surface area (Å²) in [4.78, 5) is 0. The van der Waals surface area contributed by atoms with Crippen LogP contribution in [0.4, 0.5) is 0 Å². The molecule has 16 heavy (non-hydrogen) atoms. The van der Waals surface area contributed by atoms with Gasteiger partial charge >= 0.3 is 0 Å². The summed E-state index contributed by atoms with van der Waals surface area (Å²) in [6, 6.07) is 0. The van der Waals surface area contributed by atoms with E-state index in [1.54, 1.807) is 0 Å². The molecule has 0 aliphatic heterocycles. The van der Waals surface area contributed by atoms with Gasteiger partial charge in [0.2, 0.25) is 0 Å². The number of rotatable bonds is 7. The fourth-order valence-electron chi connectivity index (χ4n) is 0.965. The molecule has 101 valence electrons. The molecule has 0 rings (SSSR count). The summed E-state index contributed by atoms with van der Waals surface area (Å²) in [6.45, 7) is 12.2. The van der Waals surface area contributed by atoms with E-state index >= 15 is 0 Å². The van der Waals surface area contributed by atoms with Crippen molar-refractivity contribution in [3.05, 3.63) is 0 Å². The molecule has 0 aliphatic carbocycles. The third kappa shape index (κ3) is 20.6. The van der Waals surface area contributed by atoms with Crippen molar-refractivity contribution in [2.24, 2.45) is 0 Å². The van der Waals surface area contributed by atoms with Gasteiger partial charge in [-0.1, -0.05) is 0 Å². The maximum Gasteiger partial charge on any atom is 0.0198 e. The van der Waals surface area contributed by atoms with E-state index in [4.69, 9.17) is 0 Å². The van der Waals surface area contributed by atoms with Gasteiger partial charge in [0.25, 0.3) is 0 Å². The van der Waals surface area contributed by atoms with E-state index in [9.17, 15) is 0 Å². The Bertz CT molecular complexity index is 140. The van der Waals surface area contributed by atoms with Crippen LogP contribution in [-0.4, -0.2) is 41.1 Å². The third-order valence-corrected chi connectivity index (χ3v) is 1.91. The van der Waals surface area contributed by atoms with Crippen molar-refractivity contribution in [2.75, 3.05) is 26.2 Å². The molecule has 0 saturated heterocycles. The van der Waals surface area contributed by atoms with Crippen molar-refractivity contribution in [3.63, 3.8) is 0 Å². The maximum atomic E-state index is 4.43. The van der Waals surface area contributed by atoms with Gasteiger partial charge in [-0.25, -0.2) is 0 Å². The van der Waals surface area contributed by atoms with Crippen LogP contribution in [0.5, 0.6) is 0 Å². The Kier molecular flexibility index (Phi) is 14.3. The Balaban J connectivity index is -0.000000845. The smallest absolute Gasteiger partial charge is 0.0198 e. The summed E-state index contributed by atoms with van der Waals surface area (Å²) in [5, 5.41) is 6.70. The average molecular weight is 352 g/mol. The van der Waals surface area contributed by atoms with E-state index in [-0.39, 0.29) is 35.1 Å². The predicted octanol–water partition coefficient (Wildman–Crippen LogP) is 0.755. The second kappa shape index (κ2) is 10.2. The maximum absolute atomic E-state index is 4.43. The normalized spacial score (nSPS) is 11.6. The average Bonchev–Trinajstić information content (AvgIpc) is 1.92. The SMILES string of the molecule is CC(C)(S)CNCCNCC(C)(C)S.O.[Tc]. The van der Waals surface area contributed by atoms with Crippen LogP contribution in [0.25, 0.3) is 0 Å². The first-order valence-electron chi connectivity index (χ1n) is 5.07. The van der Waals surface area contributed by atoms with Gasteiger partial charge in [0.1, 0.15) is 0 Å². The van der Waals surface area contributed by atoms with Crippen molar-refractivity contribution in [1.29, 1.82) is 0 Å². The largest absolute Gasteiger partial charge is 0.412 e. The van der Waals surface area contributed by atoms with E-state index in [1.807, 2.05) is 0 Å². The second-order valence-electron chi connectivity index (χ2n) is 4.98. The Hall–Kier alpha value is 1.23. The Morgan fingerprint density at radius 2 is 1.06 bits per heavy atom. The summed E-state index contributed by atoms with van der Waals surface area (Å²) in [5.41, 5.74) is 0. The number of thiol groups is 2. The first-order chi connectivity index (χ1) is 6.21. The molecule has 0 unspecified atom stereocenters. The Labute approximate surface area is 124 Å². The Morgan fingerprint density at radius 1 is 0.812 bits per heavy atom. The van der Waals surface area contributed by atoms with Crippen LogP contribution in [0.15, 0.2) is 0 Å². The number of hydrogen-bond donors (Lipinski definition) is 4. The first-order valence-corrected chi connectivity index (χ1v) is 5.96. The van der Waals surface area contributed by atoms with Crippen LogP contribution in [0.1, 0.15) is 27.7 Å². The zero-order chi connectivity index (χ0) is 11.2. The molecule has 0 saturated carbocycles. The minimum absolute atomic E-state index is 0. The fourth-order valence-corrected chi connectivity index (χ4v) is 1.19. The van der Waals surface area contributed by atoms with Crippen LogP contribution in [0.2, 0.25) is 0 Å². The van der Waals surface area contributed by atoms with E-state index < -0.39 is 0 Å². The molecule has 4 N–H and O–H groups in total. The van der Waals surface area contributed by atoms with Gasteiger partial charge in [-0.3, -0.25) is 0 Å². The molecule has 0 amide bonds. The van der Waals surface area contributed by atoms with Gasteiger partial charge in [-0.15, -0.1) is 0 Å². The number of nitrogens with one attached hydrogen (secondary N) is 2. The fraction of sp³-hybridized carbons (Fsp3) is 1.00. The van der Waals surface area contributed by atoms with Gasteiger partial charge in [0.05, 0.1) is 0 Å². The zero-order valence-corrected chi connectivity index (χ0v) is 14.2. The van der Waals surface area contributed by atoms with E-state index in [1.165, 1.54) is 0 Å². The summed E-state index contributed by atoms with van der Waals surface area (Å²) >= 11 is 8.86. The van der Waals surface area contributed by atoms with Gasteiger partial charge in [-0.2, -0.15) is 25.3 Å². The summed E-state index contributed by atoms with van der Waals surface area (Å²) in [5.74, 6) is 0. The van der Waals surface area contributed by atoms with E-state index in [0.717, 1.165) is 26.2 Å². The molecule has 0 aromatic rings. The van der Waals surface area contributed by atoms with Crippen LogP contribution in [-0.2, 0) is 20.1 Å². The van der Waals surface area contributed by atoms with E-state index in [2.05, 4.69) is 63.6 Å². The topological polar surface area (TPSA) is 55.6 Å². The molecule has 0 fully saturated rings. The second-order valence-corrected chi connectivity index (χ2v) is 7.40. The van der Waals surface area contributed by atoms with Crippen molar-refractivity contribution < 1.29 is 25.6 Å². The molecule has 0 atom stereocenters. The van der Waals surface area contributed by atoms with E-state index in [0.29, 0.717) is 0 Å². The van der Waals surface area contributed by atoms with Crippen molar-refractivity contribution in [1.82, 2.24) is 10.6 Å². The zero-order valence-electron chi connectivity index (χ0n) is 10.6. The predicted molar refractivity (Wildman–Crippen MR) is 75.5 cm³/mol. The van der Waals surface area contributed by atoms with Crippen molar-refractivity contribution >= 4 is 25.3 Å². The minimum atomic E-state index is 0. The quantitative estimate of drug-likeness (QED) is 0.404. The van der Waals surface area contributed by atoms with Gasteiger partial charge < -0.3 is 16.1 Å². The van der Waals surface area contributed by atoms with Crippen LogP contribution < -0.4 is 10.6 Å². The molecular formula is C10H26N2OS2Tc. The minimum Gasteiger partial charge on any atom is -0.412 e. The molecule has 0 heterocycles. The van der Waals surface area contributed by atoms with Crippen LogP contribution >= 0.6 is 25.3 Å². The molecular weight excluding hydrogens is 326 g/mol. The summed E-state index contributed by atoms with van der Waals surface area (Å²) < 4.78 is 0.144. The van der Waals surface area contributed by atoms with Crippen LogP contribution in [0, 0.1) is 0 Å². The van der Waals surface area contributed by atoms with Crippen LogP contribution in [0.3, 0.4) is 0 Å². The molecule has 0 aromatic carbocycles. The molecule has 0 spiro atoms. The molecule has 6 heteroatoms. The standard InChI is InChI=1S/C10H24N2S2.H2O.Tc/c1-9(2,13)7-11-5-6-12-8-10(3,4)14;;/h11-14H,5-8H2,1-4H3;1H2;. The molecule has 0 bridgehead atoms. The van der Waals surface area contributed by atoms with Crippen molar-refractivity contribution in [3.8, 4) is 0 Å².